The van der Waals surface area contributed by atoms with E-state index in [9.17, 15) is 9.59 Å². The summed E-state index contributed by atoms with van der Waals surface area (Å²) in [5, 5.41) is 29.0. The number of amides is 1. The van der Waals surface area contributed by atoms with Crippen molar-refractivity contribution in [3.05, 3.63) is 71.9 Å². The first-order valence-electron chi connectivity index (χ1n) is 17.6. The van der Waals surface area contributed by atoms with Gasteiger partial charge in [0, 0.05) is 106 Å². The number of nitrogens with zero attached hydrogens (tertiary/aromatic N) is 10. The number of hydrogen-bond donors (Lipinski definition) is 1. The second kappa shape index (κ2) is 13.3. The summed E-state index contributed by atoms with van der Waals surface area (Å²) in [6, 6.07) is 12.1. The van der Waals surface area contributed by atoms with Crippen molar-refractivity contribution < 1.29 is 14.7 Å². The Morgan fingerprint density at radius 1 is 0.960 bits per heavy atom. The Labute approximate surface area is 290 Å². The Morgan fingerprint density at radius 3 is 2.48 bits per heavy atom. The lowest BCUT2D eigenvalue weighted by Gasteiger charge is -2.38. The third-order valence-corrected chi connectivity index (χ3v) is 10.8. The zero-order valence-electron chi connectivity index (χ0n) is 28.6. The van der Waals surface area contributed by atoms with Crippen molar-refractivity contribution in [2.45, 2.75) is 51.6 Å². The minimum absolute atomic E-state index is 0.0291. The summed E-state index contributed by atoms with van der Waals surface area (Å²) in [6.45, 7) is 7.90. The molecule has 2 saturated heterocycles. The maximum atomic E-state index is 12.5. The van der Waals surface area contributed by atoms with Crippen LogP contribution in [-0.4, -0.2) is 101 Å². The molecule has 5 aromatic rings. The molecule has 13 nitrogen and oxygen atoms in total. The van der Waals surface area contributed by atoms with Crippen LogP contribution in [0, 0.1) is 5.92 Å². The molecule has 0 radical (unpaired) electrons. The molecule has 0 aliphatic carbocycles. The van der Waals surface area contributed by atoms with E-state index in [1.165, 1.54) is 11.8 Å². The van der Waals surface area contributed by atoms with Crippen LogP contribution in [0.1, 0.15) is 60.4 Å². The van der Waals surface area contributed by atoms with Gasteiger partial charge in [-0.1, -0.05) is 18.2 Å². The highest BCUT2D eigenvalue weighted by molar-refractivity contribution is 5.97. The van der Waals surface area contributed by atoms with Crippen molar-refractivity contribution >= 4 is 28.5 Å². The zero-order valence-corrected chi connectivity index (χ0v) is 28.6. The van der Waals surface area contributed by atoms with Crippen molar-refractivity contribution in [1.82, 2.24) is 44.5 Å². The van der Waals surface area contributed by atoms with E-state index in [0.29, 0.717) is 25.0 Å². The number of carboxylic acid groups (broad SMARTS) is 1. The molecule has 0 bridgehead atoms. The van der Waals surface area contributed by atoms with E-state index in [1.54, 1.807) is 17.7 Å². The standard InChI is InChI=1S/C37H42N10O3/c1-24(48)46-17-12-34-31(23-46)36(29-5-3-4-26-18-33(38-20-30(26)29)27-19-39-43(2)22-27)42-47(34)28-10-13-44(14-11-28)21-25-8-15-45(16-9-25)35-7-6-32(37(49)50)40-41-35/h3-7,18-20,22,25,28H,8-17,21,23H2,1-2H3,(H,49,50). The number of carbonyl (C=O) groups is 2. The average Bonchev–Trinajstić information content (AvgIpc) is 3.75. The normalized spacial score (nSPS) is 17.7. The second-order valence-electron chi connectivity index (χ2n) is 14.0. The molecule has 1 N–H and O–H groups in total. The Hall–Kier alpha value is -5.17. The maximum Gasteiger partial charge on any atom is 0.356 e. The highest BCUT2D eigenvalue weighted by Crippen LogP contribution is 2.38. The molecular weight excluding hydrogens is 632 g/mol. The number of aromatic nitrogens is 7. The fourth-order valence-electron chi connectivity index (χ4n) is 7.99. The Bertz CT molecular complexity index is 2040. The van der Waals surface area contributed by atoms with E-state index in [0.717, 1.165) is 109 Å². The molecule has 4 aromatic heterocycles. The van der Waals surface area contributed by atoms with Gasteiger partial charge in [0.05, 0.1) is 23.6 Å². The number of piperidine rings is 2. The molecule has 50 heavy (non-hydrogen) atoms. The van der Waals surface area contributed by atoms with Gasteiger partial charge < -0.3 is 19.8 Å². The van der Waals surface area contributed by atoms with Gasteiger partial charge in [-0.15, -0.1) is 10.2 Å². The molecule has 8 rings (SSSR count). The van der Waals surface area contributed by atoms with Crippen LogP contribution in [0.3, 0.4) is 0 Å². The lowest BCUT2D eigenvalue weighted by atomic mass is 9.94. The summed E-state index contributed by atoms with van der Waals surface area (Å²) < 4.78 is 4.10. The molecule has 258 valence electrons. The van der Waals surface area contributed by atoms with E-state index in [2.05, 4.69) is 54.0 Å². The fourth-order valence-corrected chi connectivity index (χ4v) is 7.99. The smallest absolute Gasteiger partial charge is 0.356 e. The van der Waals surface area contributed by atoms with Gasteiger partial charge in [0.25, 0.3) is 0 Å². The van der Waals surface area contributed by atoms with Crippen molar-refractivity contribution in [1.29, 1.82) is 0 Å². The largest absolute Gasteiger partial charge is 0.476 e. The zero-order chi connectivity index (χ0) is 34.4. The number of aryl methyl sites for hydroxylation is 1. The summed E-state index contributed by atoms with van der Waals surface area (Å²) in [7, 11) is 1.91. The summed E-state index contributed by atoms with van der Waals surface area (Å²) >= 11 is 0. The van der Waals surface area contributed by atoms with E-state index in [4.69, 9.17) is 15.2 Å². The molecular formula is C37H42N10O3. The lowest BCUT2D eigenvalue weighted by Crippen LogP contribution is -2.42. The van der Waals surface area contributed by atoms with Gasteiger partial charge in [-0.3, -0.25) is 19.1 Å². The Balaban J connectivity index is 0.976. The average molecular weight is 675 g/mol. The number of pyridine rings is 1. The topological polar surface area (TPSA) is 138 Å². The highest BCUT2D eigenvalue weighted by atomic mass is 16.4. The van der Waals surface area contributed by atoms with Crippen LogP contribution in [0.5, 0.6) is 0 Å². The number of anilines is 1. The van der Waals surface area contributed by atoms with E-state index in [1.807, 2.05) is 30.5 Å². The first-order chi connectivity index (χ1) is 24.3. The number of carbonyl (C=O) groups excluding carboxylic acids is 1. The van der Waals surface area contributed by atoms with Crippen LogP contribution in [0.15, 0.2) is 55.0 Å². The third-order valence-electron chi connectivity index (χ3n) is 10.8. The van der Waals surface area contributed by atoms with Gasteiger partial charge in [-0.2, -0.15) is 10.2 Å². The first kappa shape index (κ1) is 32.1. The van der Waals surface area contributed by atoms with Crippen LogP contribution in [0.25, 0.3) is 33.3 Å². The van der Waals surface area contributed by atoms with Crippen LogP contribution >= 0.6 is 0 Å². The van der Waals surface area contributed by atoms with Crippen LogP contribution in [0.4, 0.5) is 5.82 Å². The van der Waals surface area contributed by atoms with E-state index < -0.39 is 5.97 Å². The Morgan fingerprint density at radius 2 is 1.78 bits per heavy atom. The lowest BCUT2D eigenvalue weighted by molar-refractivity contribution is -0.129. The van der Waals surface area contributed by atoms with Crippen molar-refractivity contribution in [3.63, 3.8) is 0 Å². The summed E-state index contributed by atoms with van der Waals surface area (Å²) in [5.41, 5.74) is 6.28. The molecule has 0 saturated carbocycles. The van der Waals surface area contributed by atoms with Crippen LogP contribution in [0.2, 0.25) is 0 Å². The maximum absolute atomic E-state index is 12.5. The molecule has 0 unspecified atom stereocenters. The third kappa shape index (κ3) is 6.21. The predicted octanol–water partition coefficient (Wildman–Crippen LogP) is 4.45. The van der Waals surface area contributed by atoms with E-state index in [-0.39, 0.29) is 11.6 Å². The molecule has 13 heteroatoms. The predicted molar refractivity (Wildman–Crippen MR) is 189 cm³/mol. The number of likely N-dealkylation sites (tertiary alicyclic amines) is 1. The number of benzene rings is 1. The molecule has 1 amide bonds. The minimum atomic E-state index is -1.06. The molecule has 3 aliphatic heterocycles. The number of aromatic carboxylic acids is 1. The number of rotatable bonds is 7. The second-order valence-corrected chi connectivity index (χ2v) is 14.0. The molecule has 0 atom stereocenters. The molecule has 0 spiro atoms. The molecule has 1 aromatic carbocycles. The number of fused-ring (bicyclic) bond motifs is 2. The summed E-state index contributed by atoms with van der Waals surface area (Å²) in [6.07, 6.45) is 10.8. The van der Waals surface area contributed by atoms with E-state index >= 15 is 0 Å². The van der Waals surface area contributed by atoms with Gasteiger partial charge in [0.2, 0.25) is 5.91 Å². The molecule has 7 heterocycles. The Kier molecular flexibility index (Phi) is 8.51. The van der Waals surface area contributed by atoms with Crippen LogP contribution < -0.4 is 4.90 Å². The fraction of sp³-hybridized carbons (Fsp3) is 0.432. The van der Waals surface area contributed by atoms with Crippen molar-refractivity contribution in [2.24, 2.45) is 13.0 Å². The summed E-state index contributed by atoms with van der Waals surface area (Å²) in [5.74, 6) is 0.405. The summed E-state index contributed by atoms with van der Waals surface area (Å²) in [4.78, 5) is 35.2. The quantitative estimate of drug-likeness (QED) is 0.264. The van der Waals surface area contributed by atoms with Crippen molar-refractivity contribution in [3.8, 4) is 22.5 Å². The van der Waals surface area contributed by atoms with Gasteiger partial charge in [-0.05, 0) is 55.2 Å². The molecule has 3 aliphatic rings. The van der Waals surface area contributed by atoms with Gasteiger partial charge in [-0.25, -0.2) is 4.79 Å². The number of carboxylic acids is 1. The minimum Gasteiger partial charge on any atom is -0.476 e. The highest BCUT2D eigenvalue weighted by Gasteiger charge is 2.32. The number of hydrogen-bond acceptors (Lipinski definition) is 9. The van der Waals surface area contributed by atoms with Crippen LogP contribution in [-0.2, 0) is 24.8 Å². The van der Waals surface area contributed by atoms with Gasteiger partial charge in [0.15, 0.2) is 11.5 Å². The monoisotopic (exact) mass is 674 g/mol. The van der Waals surface area contributed by atoms with Gasteiger partial charge in [0.1, 0.15) is 0 Å². The molecule has 2 fully saturated rings. The SMILES string of the molecule is CC(=O)N1CCc2c(c(-c3cccc4cc(-c5cnn(C)c5)ncc34)nn2C2CCN(CC3CCN(c4ccc(C(=O)O)nn4)CC3)CC2)C1. The first-order valence-corrected chi connectivity index (χ1v) is 17.6. The van der Waals surface area contributed by atoms with Crippen molar-refractivity contribution in [2.75, 3.05) is 44.2 Å². The van der Waals surface area contributed by atoms with Gasteiger partial charge >= 0.3 is 5.97 Å².